The first kappa shape index (κ1) is 51.4. The minimum atomic E-state index is -0.759. The van der Waals surface area contributed by atoms with Crippen LogP contribution in [0.5, 0.6) is 0 Å². The van der Waals surface area contributed by atoms with Gasteiger partial charge < -0.3 is 14.2 Å². The highest BCUT2D eigenvalue weighted by Crippen LogP contribution is 2.17. The molecule has 6 heteroatoms. The van der Waals surface area contributed by atoms with Gasteiger partial charge in [-0.2, -0.15) is 0 Å². The number of carbonyl (C=O) groups excluding carboxylic acids is 3. The van der Waals surface area contributed by atoms with Crippen LogP contribution in [0.1, 0.15) is 253 Å². The first-order valence-electron chi connectivity index (χ1n) is 23.2. The van der Waals surface area contributed by atoms with E-state index in [1.165, 1.54) is 141 Å². The van der Waals surface area contributed by atoms with E-state index in [9.17, 15) is 14.4 Å². The molecule has 0 spiro atoms. The highest BCUT2D eigenvalue weighted by atomic mass is 16.6. The molecule has 0 aromatic rings. The van der Waals surface area contributed by atoms with Crippen molar-refractivity contribution in [2.24, 2.45) is 11.8 Å². The van der Waals surface area contributed by atoms with Crippen molar-refractivity contribution in [1.82, 2.24) is 0 Å². The first-order valence-corrected chi connectivity index (χ1v) is 23.2. The van der Waals surface area contributed by atoms with E-state index in [-0.39, 0.29) is 31.1 Å². The van der Waals surface area contributed by atoms with Gasteiger partial charge >= 0.3 is 17.9 Å². The Bertz CT molecular complexity index is 809. The number of rotatable bonds is 41. The van der Waals surface area contributed by atoms with Crippen LogP contribution >= 0.6 is 0 Å². The van der Waals surface area contributed by atoms with Gasteiger partial charge in [-0.05, 0) is 31.1 Å². The molecule has 0 heterocycles. The van der Waals surface area contributed by atoms with E-state index in [4.69, 9.17) is 14.2 Å². The van der Waals surface area contributed by atoms with Gasteiger partial charge in [-0.1, -0.05) is 214 Å². The number of hydrogen-bond donors (Lipinski definition) is 0. The maximum atomic E-state index is 12.7. The van der Waals surface area contributed by atoms with Gasteiger partial charge in [0.2, 0.25) is 0 Å². The largest absolute Gasteiger partial charge is 0.462 e. The second-order valence-electron chi connectivity index (χ2n) is 17.0. The Morgan fingerprint density at radius 2 is 0.623 bits per heavy atom. The van der Waals surface area contributed by atoms with Crippen molar-refractivity contribution in [3.63, 3.8) is 0 Å². The SMILES string of the molecule is CCCCCCCCCC(=O)OC[C@H](COC(=O)CCCCCCCCCC(C)C)OC(=O)CCCCCCCCCCCCCCCCCC(C)C. The number of unbranched alkanes of at least 4 members (excludes halogenated alkanes) is 26. The van der Waals surface area contributed by atoms with Crippen LogP contribution in [0.2, 0.25) is 0 Å². The smallest absolute Gasteiger partial charge is 0.306 e. The third-order valence-corrected chi connectivity index (χ3v) is 10.5. The van der Waals surface area contributed by atoms with Crippen LogP contribution in [0, 0.1) is 11.8 Å². The van der Waals surface area contributed by atoms with Crippen molar-refractivity contribution in [3.05, 3.63) is 0 Å². The summed E-state index contributed by atoms with van der Waals surface area (Å²) < 4.78 is 16.7. The van der Waals surface area contributed by atoms with Crippen LogP contribution in [0.3, 0.4) is 0 Å². The van der Waals surface area contributed by atoms with Crippen molar-refractivity contribution in [1.29, 1.82) is 0 Å². The summed E-state index contributed by atoms with van der Waals surface area (Å²) in [5.41, 5.74) is 0. The van der Waals surface area contributed by atoms with E-state index >= 15 is 0 Å². The van der Waals surface area contributed by atoms with Crippen LogP contribution in [-0.2, 0) is 28.6 Å². The van der Waals surface area contributed by atoms with Crippen molar-refractivity contribution in [3.8, 4) is 0 Å². The lowest BCUT2D eigenvalue weighted by Crippen LogP contribution is -2.30. The summed E-state index contributed by atoms with van der Waals surface area (Å²) in [7, 11) is 0. The Morgan fingerprint density at radius 3 is 0.925 bits per heavy atom. The summed E-state index contributed by atoms with van der Waals surface area (Å²) >= 11 is 0. The molecule has 0 N–H and O–H groups in total. The Kier molecular flexibility index (Phi) is 38.9. The highest BCUT2D eigenvalue weighted by molar-refractivity contribution is 5.71. The summed E-state index contributed by atoms with van der Waals surface area (Å²) in [4.78, 5) is 37.6. The zero-order valence-electron chi connectivity index (χ0n) is 36.1. The van der Waals surface area contributed by atoms with Crippen LogP contribution in [-0.4, -0.2) is 37.2 Å². The van der Waals surface area contributed by atoms with E-state index in [0.29, 0.717) is 19.3 Å². The second-order valence-corrected chi connectivity index (χ2v) is 17.0. The molecule has 0 aromatic heterocycles. The van der Waals surface area contributed by atoms with Gasteiger partial charge in [0, 0.05) is 19.3 Å². The molecule has 0 aliphatic rings. The predicted molar refractivity (Wildman–Crippen MR) is 224 cm³/mol. The van der Waals surface area contributed by atoms with Gasteiger partial charge in [0.15, 0.2) is 6.10 Å². The molecule has 0 bridgehead atoms. The lowest BCUT2D eigenvalue weighted by atomic mass is 10.0. The third-order valence-electron chi connectivity index (χ3n) is 10.5. The Labute approximate surface area is 329 Å². The fourth-order valence-corrected chi connectivity index (χ4v) is 6.93. The van der Waals surface area contributed by atoms with Gasteiger partial charge in [0.25, 0.3) is 0 Å². The van der Waals surface area contributed by atoms with Crippen LogP contribution in [0.15, 0.2) is 0 Å². The molecule has 314 valence electrons. The zero-order valence-corrected chi connectivity index (χ0v) is 36.1. The summed E-state index contributed by atoms with van der Waals surface area (Å²) in [5, 5.41) is 0. The Morgan fingerprint density at radius 1 is 0.358 bits per heavy atom. The highest BCUT2D eigenvalue weighted by Gasteiger charge is 2.19. The topological polar surface area (TPSA) is 78.9 Å². The normalized spacial score (nSPS) is 12.1. The molecule has 0 rings (SSSR count). The maximum absolute atomic E-state index is 12.7. The monoisotopic (exact) mass is 751 g/mol. The van der Waals surface area contributed by atoms with E-state index in [0.717, 1.165) is 69.6 Å². The molecule has 0 aliphatic carbocycles. The van der Waals surface area contributed by atoms with Crippen molar-refractivity contribution < 1.29 is 28.6 Å². The fraction of sp³-hybridized carbons (Fsp3) is 0.936. The molecule has 0 fully saturated rings. The molecule has 1 atom stereocenters. The van der Waals surface area contributed by atoms with Gasteiger partial charge in [-0.25, -0.2) is 0 Å². The predicted octanol–water partition coefficient (Wildman–Crippen LogP) is 14.6. The molecule has 0 unspecified atom stereocenters. The Hall–Kier alpha value is -1.59. The van der Waals surface area contributed by atoms with E-state index in [1.807, 2.05) is 0 Å². The number of hydrogen-bond acceptors (Lipinski definition) is 6. The standard InChI is InChI=1S/C47H90O6/c1-6-7-8-9-20-27-32-37-45(48)51-40-44(41-52-46(49)38-33-28-24-19-22-26-31-36-43(4)5)53-47(50)39-34-29-23-18-16-14-12-10-11-13-15-17-21-25-30-35-42(2)3/h42-44H,6-41H2,1-5H3/t44-/m1/s1. The zero-order chi connectivity index (χ0) is 39.0. The van der Waals surface area contributed by atoms with Gasteiger partial charge in [-0.3, -0.25) is 14.4 Å². The van der Waals surface area contributed by atoms with Crippen molar-refractivity contribution >= 4 is 17.9 Å². The molecule has 0 radical (unpaired) electrons. The molecule has 0 aliphatic heterocycles. The molecular weight excluding hydrogens is 661 g/mol. The van der Waals surface area contributed by atoms with Crippen molar-refractivity contribution in [2.45, 2.75) is 259 Å². The van der Waals surface area contributed by atoms with Gasteiger partial charge in [-0.15, -0.1) is 0 Å². The quantitative estimate of drug-likeness (QED) is 0.0352. The molecule has 53 heavy (non-hydrogen) atoms. The lowest BCUT2D eigenvalue weighted by molar-refractivity contribution is -0.167. The van der Waals surface area contributed by atoms with E-state index in [1.54, 1.807) is 0 Å². The average Bonchev–Trinajstić information content (AvgIpc) is 3.12. The maximum Gasteiger partial charge on any atom is 0.306 e. The summed E-state index contributed by atoms with van der Waals surface area (Å²) in [6.07, 6.45) is 38.2. The average molecular weight is 751 g/mol. The molecule has 0 saturated heterocycles. The summed E-state index contributed by atoms with van der Waals surface area (Å²) in [5.74, 6) is 0.765. The number of ether oxygens (including phenoxy) is 3. The molecular formula is C47H90O6. The van der Waals surface area contributed by atoms with Gasteiger partial charge in [0.05, 0.1) is 0 Å². The number of esters is 3. The van der Waals surface area contributed by atoms with E-state index in [2.05, 4.69) is 34.6 Å². The molecule has 0 saturated carbocycles. The minimum absolute atomic E-state index is 0.0659. The minimum Gasteiger partial charge on any atom is -0.462 e. The fourth-order valence-electron chi connectivity index (χ4n) is 6.93. The van der Waals surface area contributed by atoms with Gasteiger partial charge in [0.1, 0.15) is 13.2 Å². The lowest BCUT2D eigenvalue weighted by Gasteiger charge is -2.18. The second kappa shape index (κ2) is 40.1. The summed E-state index contributed by atoms with van der Waals surface area (Å²) in [6, 6.07) is 0. The molecule has 6 nitrogen and oxygen atoms in total. The van der Waals surface area contributed by atoms with Crippen LogP contribution < -0.4 is 0 Å². The summed E-state index contributed by atoms with van der Waals surface area (Å²) in [6.45, 7) is 11.3. The van der Waals surface area contributed by atoms with Crippen molar-refractivity contribution in [2.75, 3.05) is 13.2 Å². The first-order chi connectivity index (χ1) is 25.7. The Balaban J connectivity index is 4.21. The third kappa shape index (κ3) is 41.4. The molecule has 0 amide bonds. The van der Waals surface area contributed by atoms with Crippen LogP contribution in [0.25, 0.3) is 0 Å². The van der Waals surface area contributed by atoms with Crippen LogP contribution in [0.4, 0.5) is 0 Å². The van der Waals surface area contributed by atoms with E-state index < -0.39 is 6.10 Å². The molecule has 0 aromatic carbocycles. The number of carbonyl (C=O) groups is 3.